The van der Waals surface area contributed by atoms with Gasteiger partial charge in [-0.25, -0.2) is 0 Å². The highest BCUT2D eigenvalue weighted by Crippen LogP contribution is 2.32. The van der Waals surface area contributed by atoms with Crippen LogP contribution in [0.2, 0.25) is 0 Å². The first-order valence-electron chi connectivity index (χ1n) is 18.5. The Labute approximate surface area is 321 Å². The van der Waals surface area contributed by atoms with Gasteiger partial charge < -0.3 is 52.8 Å². The summed E-state index contributed by atoms with van der Waals surface area (Å²) in [5, 5.41) is 23.4. The Morgan fingerprint density at radius 2 is 0.927 bits per heavy atom. The van der Waals surface area contributed by atoms with Crippen molar-refractivity contribution in [2.45, 2.75) is 94.8 Å². The first-order chi connectivity index (χ1) is 26.9. The Kier molecular flexibility index (Phi) is 15.3. The number of methoxy groups -OCH3 is 1. The van der Waals surface area contributed by atoms with Gasteiger partial charge in [-0.05, 0) is 22.3 Å². The summed E-state index contributed by atoms with van der Waals surface area (Å²) in [4.78, 5) is 12.5. The molecule has 2 heterocycles. The average Bonchev–Trinajstić information content (AvgIpc) is 3.21. The molecule has 12 heteroatoms. The molecule has 6 unspecified atom stereocenters. The van der Waals surface area contributed by atoms with Crippen molar-refractivity contribution in [3.63, 3.8) is 0 Å². The molecule has 0 bridgehead atoms. The van der Waals surface area contributed by atoms with Crippen LogP contribution in [0.4, 0.5) is 0 Å². The van der Waals surface area contributed by atoms with Crippen LogP contribution < -0.4 is 0 Å². The minimum absolute atomic E-state index is 0.0158. The van der Waals surface area contributed by atoms with Crippen molar-refractivity contribution >= 4 is 5.97 Å². The number of benzene rings is 4. The number of hydrogen-bond acceptors (Lipinski definition) is 12. The molecule has 2 N–H and O–H groups in total. The topological polar surface area (TPSA) is 141 Å². The first kappa shape index (κ1) is 40.6. The van der Waals surface area contributed by atoms with E-state index in [2.05, 4.69) is 0 Å². The van der Waals surface area contributed by atoms with Gasteiger partial charge in [-0.2, -0.15) is 0 Å². The van der Waals surface area contributed by atoms with E-state index >= 15 is 0 Å². The van der Waals surface area contributed by atoms with E-state index in [9.17, 15) is 15.0 Å². The largest absolute Gasteiger partial charge is 0.454 e. The average molecular weight is 759 g/mol. The summed E-state index contributed by atoms with van der Waals surface area (Å²) in [7, 11) is 1.49. The van der Waals surface area contributed by atoms with E-state index in [-0.39, 0.29) is 39.6 Å². The molecule has 10 atom stereocenters. The zero-order valence-corrected chi connectivity index (χ0v) is 31.0. The number of ether oxygens (including phenoxy) is 9. The lowest BCUT2D eigenvalue weighted by atomic mass is 9.97. The first-order valence-corrected chi connectivity index (χ1v) is 18.5. The molecule has 2 fully saturated rings. The Morgan fingerprint density at radius 1 is 0.527 bits per heavy atom. The quantitative estimate of drug-likeness (QED) is 0.136. The molecule has 6 rings (SSSR count). The summed E-state index contributed by atoms with van der Waals surface area (Å²) in [5.41, 5.74) is 3.64. The molecule has 2 saturated heterocycles. The molecule has 2 aliphatic heterocycles. The van der Waals surface area contributed by atoms with Crippen LogP contribution in [0.1, 0.15) is 29.2 Å². The maximum absolute atomic E-state index is 12.5. The summed E-state index contributed by atoms with van der Waals surface area (Å²) in [5.74, 6) is -0.623. The minimum Gasteiger partial charge on any atom is -0.454 e. The molecular weight excluding hydrogens is 708 g/mol. The molecule has 4 aromatic carbocycles. The Bertz CT molecular complexity index is 1680. The number of carbonyl (C=O) groups is 1. The van der Waals surface area contributed by atoms with Crippen LogP contribution in [0.3, 0.4) is 0 Å². The summed E-state index contributed by atoms with van der Waals surface area (Å²) < 4.78 is 55.2. The number of aliphatic hydroxyl groups excluding tert-OH is 2. The van der Waals surface area contributed by atoms with Crippen LogP contribution >= 0.6 is 0 Å². The summed E-state index contributed by atoms with van der Waals surface area (Å²) >= 11 is 0. The van der Waals surface area contributed by atoms with Gasteiger partial charge in [0.1, 0.15) is 42.7 Å². The van der Waals surface area contributed by atoms with Crippen LogP contribution in [0, 0.1) is 0 Å². The van der Waals surface area contributed by atoms with Crippen molar-refractivity contribution in [1.82, 2.24) is 0 Å². The smallest absolute Gasteiger partial charge is 0.303 e. The second-order valence-corrected chi connectivity index (χ2v) is 13.5. The van der Waals surface area contributed by atoms with E-state index in [1.165, 1.54) is 14.0 Å². The van der Waals surface area contributed by atoms with E-state index in [1.54, 1.807) is 0 Å². The summed E-state index contributed by atoms with van der Waals surface area (Å²) in [6.45, 7) is 1.83. The maximum Gasteiger partial charge on any atom is 0.303 e. The van der Waals surface area contributed by atoms with Crippen LogP contribution in [0.25, 0.3) is 0 Å². The fourth-order valence-electron chi connectivity index (χ4n) is 6.61. The van der Waals surface area contributed by atoms with E-state index in [0.29, 0.717) is 0 Å². The second kappa shape index (κ2) is 20.7. The lowest BCUT2D eigenvalue weighted by Crippen LogP contribution is -2.63. The number of esters is 1. The third-order valence-corrected chi connectivity index (χ3v) is 9.45. The van der Waals surface area contributed by atoms with E-state index < -0.39 is 67.4 Å². The highest BCUT2D eigenvalue weighted by Gasteiger charge is 2.51. The summed E-state index contributed by atoms with van der Waals surface area (Å²) in [6, 6.07) is 38.3. The molecule has 0 saturated carbocycles. The number of rotatable bonds is 18. The SMILES string of the molecule is CO[C@H]1OC(CO[C@H]2OC(COCc3ccccc3)[C@@H](O)C(OCc3ccccc3)C2OC(C)=O)[C@@H](O)C(OCc2ccccc2)C1OCc1ccccc1. The van der Waals surface area contributed by atoms with Gasteiger partial charge in [-0.15, -0.1) is 0 Å². The van der Waals surface area contributed by atoms with Crippen LogP contribution in [0.15, 0.2) is 121 Å². The molecule has 0 aromatic heterocycles. The Balaban J connectivity index is 1.20. The third-order valence-electron chi connectivity index (χ3n) is 9.45. The lowest BCUT2D eigenvalue weighted by Gasteiger charge is -2.46. The predicted molar refractivity (Wildman–Crippen MR) is 199 cm³/mol. The Hall–Kier alpha value is -4.05. The fraction of sp³-hybridized carbons (Fsp3) is 0.419. The van der Waals surface area contributed by atoms with E-state index in [4.69, 9.17) is 42.6 Å². The Morgan fingerprint density at radius 3 is 1.38 bits per heavy atom. The lowest BCUT2D eigenvalue weighted by molar-refractivity contribution is -0.340. The van der Waals surface area contributed by atoms with Crippen LogP contribution in [0.5, 0.6) is 0 Å². The minimum atomic E-state index is -1.25. The zero-order valence-electron chi connectivity index (χ0n) is 31.0. The highest BCUT2D eigenvalue weighted by molar-refractivity contribution is 5.66. The molecule has 12 nitrogen and oxygen atoms in total. The zero-order chi connectivity index (χ0) is 38.4. The van der Waals surface area contributed by atoms with Crippen molar-refractivity contribution in [3.8, 4) is 0 Å². The van der Waals surface area contributed by atoms with E-state index in [0.717, 1.165) is 22.3 Å². The van der Waals surface area contributed by atoms with Crippen molar-refractivity contribution in [2.24, 2.45) is 0 Å². The van der Waals surface area contributed by atoms with Gasteiger partial charge in [0.25, 0.3) is 0 Å². The third kappa shape index (κ3) is 11.5. The normalized spacial score (nSPS) is 28.1. The molecule has 0 aliphatic carbocycles. The highest BCUT2D eigenvalue weighted by atomic mass is 16.7. The van der Waals surface area contributed by atoms with Crippen molar-refractivity contribution in [2.75, 3.05) is 20.3 Å². The molecule has 2 aliphatic rings. The molecule has 0 spiro atoms. The molecule has 55 heavy (non-hydrogen) atoms. The van der Waals surface area contributed by atoms with Crippen molar-refractivity contribution < 1.29 is 57.6 Å². The molecule has 294 valence electrons. The molecule has 0 amide bonds. The maximum atomic E-state index is 12.5. The van der Waals surface area contributed by atoms with Crippen LogP contribution in [-0.2, 0) is 73.9 Å². The molecule has 0 radical (unpaired) electrons. The second-order valence-electron chi connectivity index (χ2n) is 13.5. The van der Waals surface area contributed by atoms with Gasteiger partial charge in [0, 0.05) is 14.0 Å². The number of hydrogen-bond donors (Lipinski definition) is 2. The number of aliphatic hydroxyl groups is 2. The van der Waals surface area contributed by atoms with Gasteiger partial charge in [0.05, 0.1) is 39.6 Å². The standard InChI is InChI=1S/C43H50O12/c1-29(44)53-41-39(50-25-32-19-11-5-12-20-32)36(45)34(27-48-23-30-15-7-3-8-16-30)55-43(41)52-28-35-37(46)38(49-24-31-17-9-4-10-18-31)40(42(47-2)54-35)51-26-33-21-13-6-14-22-33/h3-22,34-43,45-46H,23-28H2,1-2H3/t34?,35?,36-,37-,38?,39?,40?,41?,42+,43+/m1/s1. The van der Waals surface area contributed by atoms with Gasteiger partial charge in [0.15, 0.2) is 18.7 Å². The van der Waals surface area contributed by atoms with Gasteiger partial charge in [-0.3, -0.25) is 4.79 Å². The van der Waals surface area contributed by atoms with Crippen molar-refractivity contribution in [3.05, 3.63) is 144 Å². The van der Waals surface area contributed by atoms with Crippen molar-refractivity contribution in [1.29, 1.82) is 0 Å². The fourth-order valence-corrected chi connectivity index (χ4v) is 6.61. The molecular formula is C43H50O12. The van der Waals surface area contributed by atoms with Crippen LogP contribution in [-0.4, -0.2) is 97.9 Å². The molecule has 4 aromatic rings. The monoisotopic (exact) mass is 758 g/mol. The van der Waals surface area contributed by atoms with Gasteiger partial charge in [-0.1, -0.05) is 121 Å². The summed E-state index contributed by atoms with van der Waals surface area (Å²) in [6.07, 6.45) is -10.6. The van der Waals surface area contributed by atoms with Gasteiger partial charge >= 0.3 is 5.97 Å². The predicted octanol–water partition coefficient (Wildman–Crippen LogP) is 4.73. The van der Waals surface area contributed by atoms with Gasteiger partial charge in [0.2, 0.25) is 0 Å². The van der Waals surface area contributed by atoms with E-state index in [1.807, 2.05) is 121 Å². The number of carbonyl (C=O) groups excluding carboxylic acids is 1.